The molecule has 2 rings (SSSR count). The average molecular weight is 231 g/mol. The number of nitrogens with zero attached hydrogens (tertiary/aromatic N) is 1. The second kappa shape index (κ2) is 5.72. The first kappa shape index (κ1) is 12.0. The van der Waals surface area contributed by atoms with Gasteiger partial charge in [-0.25, -0.2) is 0 Å². The van der Waals surface area contributed by atoms with Crippen LogP contribution < -0.4 is 11.3 Å². The number of aromatic nitrogens is 1. The van der Waals surface area contributed by atoms with Crippen LogP contribution in [0.1, 0.15) is 18.0 Å². The van der Waals surface area contributed by atoms with E-state index < -0.39 is 0 Å². The first-order valence-electron chi connectivity index (χ1n) is 5.64. The zero-order valence-electron chi connectivity index (χ0n) is 9.89. The van der Waals surface area contributed by atoms with E-state index in [1.54, 1.807) is 7.11 Å². The van der Waals surface area contributed by atoms with E-state index in [0.717, 1.165) is 17.4 Å². The molecule has 0 aliphatic carbocycles. The Kier molecular flexibility index (Phi) is 4.03. The molecule has 4 heteroatoms. The molecule has 0 saturated heterocycles. The summed E-state index contributed by atoms with van der Waals surface area (Å²) in [5, 5.41) is 2.31. The van der Waals surface area contributed by atoms with Crippen molar-refractivity contribution in [2.75, 3.05) is 13.7 Å². The van der Waals surface area contributed by atoms with Crippen LogP contribution in [-0.2, 0) is 4.74 Å². The smallest absolute Gasteiger partial charge is 0.0503 e. The lowest BCUT2D eigenvalue weighted by atomic mass is 10.0. The Hall–Kier alpha value is -1.49. The Balaban J connectivity index is 2.38. The molecule has 0 saturated carbocycles. The lowest BCUT2D eigenvalue weighted by Crippen LogP contribution is -2.29. The molecule has 90 valence electrons. The normalized spacial score (nSPS) is 12.8. The van der Waals surface area contributed by atoms with Crippen molar-refractivity contribution in [3.8, 4) is 0 Å². The zero-order chi connectivity index (χ0) is 12.1. The third kappa shape index (κ3) is 2.61. The summed E-state index contributed by atoms with van der Waals surface area (Å²) in [6, 6.07) is 8.23. The zero-order valence-corrected chi connectivity index (χ0v) is 9.89. The molecular weight excluding hydrogens is 214 g/mol. The van der Waals surface area contributed by atoms with Crippen molar-refractivity contribution in [2.24, 2.45) is 5.84 Å². The summed E-state index contributed by atoms with van der Waals surface area (Å²) >= 11 is 0. The van der Waals surface area contributed by atoms with Gasteiger partial charge in [0.05, 0.1) is 6.04 Å². The van der Waals surface area contributed by atoms with Crippen LogP contribution in [0.3, 0.4) is 0 Å². The molecular formula is C13H17N3O. The van der Waals surface area contributed by atoms with Crippen LogP contribution in [0.2, 0.25) is 0 Å². The number of fused-ring (bicyclic) bond motifs is 1. The SMILES string of the molecule is COCCC(NN)c1cncc2ccccc12. The topological polar surface area (TPSA) is 60.2 Å². The summed E-state index contributed by atoms with van der Waals surface area (Å²) in [5.41, 5.74) is 3.94. The highest BCUT2D eigenvalue weighted by Crippen LogP contribution is 2.24. The summed E-state index contributed by atoms with van der Waals surface area (Å²) in [4.78, 5) is 4.25. The van der Waals surface area contributed by atoms with E-state index in [-0.39, 0.29) is 6.04 Å². The Morgan fingerprint density at radius 1 is 1.35 bits per heavy atom. The van der Waals surface area contributed by atoms with E-state index in [4.69, 9.17) is 10.6 Å². The molecule has 1 aromatic heterocycles. The van der Waals surface area contributed by atoms with Crippen LogP contribution in [0.4, 0.5) is 0 Å². The molecule has 2 aromatic rings. The van der Waals surface area contributed by atoms with Gasteiger partial charge < -0.3 is 4.74 Å². The summed E-state index contributed by atoms with van der Waals surface area (Å²) in [5.74, 6) is 5.60. The van der Waals surface area contributed by atoms with Crippen molar-refractivity contribution in [3.63, 3.8) is 0 Å². The molecule has 1 heterocycles. The van der Waals surface area contributed by atoms with Gasteiger partial charge in [0.1, 0.15) is 0 Å². The van der Waals surface area contributed by atoms with E-state index in [1.165, 1.54) is 5.39 Å². The molecule has 0 amide bonds. The van der Waals surface area contributed by atoms with Crippen LogP contribution in [-0.4, -0.2) is 18.7 Å². The number of hydrogen-bond acceptors (Lipinski definition) is 4. The van der Waals surface area contributed by atoms with E-state index in [9.17, 15) is 0 Å². The average Bonchev–Trinajstić information content (AvgIpc) is 2.40. The molecule has 0 spiro atoms. The van der Waals surface area contributed by atoms with Crippen LogP contribution in [0.25, 0.3) is 10.8 Å². The lowest BCUT2D eigenvalue weighted by Gasteiger charge is -2.17. The standard InChI is InChI=1S/C13H17N3O/c1-17-7-6-13(16-14)12-9-15-8-10-4-2-3-5-11(10)12/h2-5,8-9,13,16H,6-7,14H2,1H3. The van der Waals surface area contributed by atoms with Gasteiger partial charge in [-0.15, -0.1) is 0 Å². The Morgan fingerprint density at radius 2 is 2.18 bits per heavy atom. The third-order valence-corrected chi connectivity index (χ3v) is 2.89. The molecule has 3 N–H and O–H groups in total. The molecule has 0 fully saturated rings. The molecule has 0 radical (unpaired) electrons. The van der Waals surface area contributed by atoms with E-state index in [1.807, 2.05) is 24.5 Å². The Morgan fingerprint density at radius 3 is 2.94 bits per heavy atom. The number of hydrogen-bond donors (Lipinski definition) is 2. The minimum Gasteiger partial charge on any atom is -0.385 e. The highest BCUT2D eigenvalue weighted by Gasteiger charge is 2.12. The van der Waals surface area contributed by atoms with Crippen LogP contribution in [0, 0.1) is 0 Å². The second-order valence-corrected chi connectivity index (χ2v) is 3.95. The molecule has 0 aliphatic heterocycles. The van der Waals surface area contributed by atoms with E-state index in [0.29, 0.717) is 6.61 Å². The van der Waals surface area contributed by atoms with Crippen LogP contribution >= 0.6 is 0 Å². The van der Waals surface area contributed by atoms with Crippen molar-refractivity contribution in [3.05, 3.63) is 42.2 Å². The first-order chi connectivity index (χ1) is 8.36. The van der Waals surface area contributed by atoms with Gasteiger partial charge in [-0.2, -0.15) is 0 Å². The molecule has 0 bridgehead atoms. The highest BCUT2D eigenvalue weighted by atomic mass is 16.5. The van der Waals surface area contributed by atoms with Crippen molar-refractivity contribution in [2.45, 2.75) is 12.5 Å². The van der Waals surface area contributed by atoms with Crippen molar-refractivity contribution >= 4 is 10.8 Å². The molecule has 4 nitrogen and oxygen atoms in total. The minimum atomic E-state index is 0.0635. The fourth-order valence-electron chi connectivity index (χ4n) is 1.98. The molecule has 17 heavy (non-hydrogen) atoms. The number of pyridine rings is 1. The maximum atomic E-state index is 5.60. The van der Waals surface area contributed by atoms with Gasteiger partial charge in [0.15, 0.2) is 0 Å². The number of ether oxygens (including phenoxy) is 1. The van der Waals surface area contributed by atoms with Gasteiger partial charge in [-0.05, 0) is 17.4 Å². The largest absolute Gasteiger partial charge is 0.385 e. The molecule has 0 aliphatic rings. The Labute approximate surface area is 101 Å². The van der Waals surface area contributed by atoms with Crippen LogP contribution in [0.15, 0.2) is 36.7 Å². The molecule has 1 atom stereocenters. The number of methoxy groups -OCH3 is 1. The fourth-order valence-corrected chi connectivity index (χ4v) is 1.98. The predicted molar refractivity (Wildman–Crippen MR) is 68.3 cm³/mol. The quantitative estimate of drug-likeness (QED) is 0.608. The summed E-state index contributed by atoms with van der Waals surface area (Å²) in [7, 11) is 1.69. The van der Waals surface area contributed by atoms with Crippen LogP contribution in [0.5, 0.6) is 0 Å². The Bertz CT molecular complexity index is 482. The van der Waals surface area contributed by atoms with Gasteiger partial charge in [-0.3, -0.25) is 16.3 Å². The van der Waals surface area contributed by atoms with Crippen molar-refractivity contribution in [1.82, 2.24) is 10.4 Å². The minimum absolute atomic E-state index is 0.0635. The third-order valence-electron chi connectivity index (χ3n) is 2.89. The summed E-state index contributed by atoms with van der Waals surface area (Å²) in [6.07, 6.45) is 4.55. The van der Waals surface area contributed by atoms with E-state index >= 15 is 0 Å². The predicted octanol–water partition coefficient (Wildman–Crippen LogP) is 1.78. The van der Waals surface area contributed by atoms with Gasteiger partial charge >= 0.3 is 0 Å². The number of benzene rings is 1. The monoisotopic (exact) mass is 231 g/mol. The van der Waals surface area contributed by atoms with Crippen molar-refractivity contribution < 1.29 is 4.74 Å². The van der Waals surface area contributed by atoms with Crippen molar-refractivity contribution in [1.29, 1.82) is 0 Å². The second-order valence-electron chi connectivity index (χ2n) is 3.95. The maximum absolute atomic E-state index is 5.60. The summed E-state index contributed by atoms with van der Waals surface area (Å²) < 4.78 is 5.09. The maximum Gasteiger partial charge on any atom is 0.0503 e. The number of rotatable bonds is 5. The first-order valence-corrected chi connectivity index (χ1v) is 5.64. The summed E-state index contributed by atoms with van der Waals surface area (Å²) in [6.45, 7) is 0.665. The fraction of sp³-hybridized carbons (Fsp3) is 0.308. The van der Waals surface area contributed by atoms with E-state index in [2.05, 4.69) is 22.5 Å². The highest BCUT2D eigenvalue weighted by molar-refractivity contribution is 5.85. The molecule has 1 unspecified atom stereocenters. The van der Waals surface area contributed by atoms with Gasteiger partial charge in [-0.1, -0.05) is 24.3 Å². The van der Waals surface area contributed by atoms with Gasteiger partial charge in [0.25, 0.3) is 0 Å². The van der Waals surface area contributed by atoms with Gasteiger partial charge in [0, 0.05) is 31.5 Å². The molecule has 1 aromatic carbocycles. The lowest BCUT2D eigenvalue weighted by molar-refractivity contribution is 0.183. The number of nitrogens with one attached hydrogen (secondary N) is 1. The van der Waals surface area contributed by atoms with Gasteiger partial charge in [0.2, 0.25) is 0 Å². The number of nitrogens with two attached hydrogens (primary N) is 1. The number of hydrazine groups is 1.